The van der Waals surface area contributed by atoms with E-state index in [-0.39, 0.29) is 49.9 Å². The Bertz CT molecular complexity index is 819. The maximum atomic E-state index is 13.6. The third-order valence-corrected chi connectivity index (χ3v) is 12.6. The van der Waals surface area contributed by atoms with Gasteiger partial charge in [0.1, 0.15) is 0 Å². The molecule has 37 heavy (non-hydrogen) atoms. The van der Waals surface area contributed by atoms with Crippen LogP contribution in [0.15, 0.2) is 0 Å². The van der Waals surface area contributed by atoms with E-state index < -0.39 is 23.3 Å². The maximum Gasteiger partial charge on any atom is 0.417 e. The molecule has 0 bridgehead atoms. The lowest BCUT2D eigenvalue weighted by molar-refractivity contribution is -0.289. The van der Waals surface area contributed by atoms with Crippen LogP contribution in [0.5, 0.6) is 0 Å². The second-order valence-corrected chi connectivity index (χ2v) is 14.4. The smallest absolute Gasteiger partial charge is 0.390 e. The third kappa shape index (κ3) is 5.11. The normalized spacial score (nSPS) is 46.0. The Morgan fingerprint density at radius 2 is 1.46 bits per heavy atom. The number of rotatable bonds is 5. The molecule has 0 amide bonds. The molecular weight excluding hydrogens is 487 g/mol. The van der Waals surface area contributed by atoms with Crippen LogP contribution >= 0.6 is 0 Å². The van der Waals surface area contributed by atoms with Crippen LogP contribution in [0.3, 0.4) is 0 Å². The second kappa shape index (κ2) is 9.59. The lowest BCUT2D eigenvalue weighted by Crippen LogP contribution is -2.58. The van der Waals surface area contributed by atoms with Crippen LogP contribution in [-0.4, -0.2) is 33.5 Å². The summed E-state index contributed by atoms with van der Waals surface area (Å²) in [5, 5.41) is 21.2. The highest BCUT2D eigenvalue weighted by Crippen LogP contribution is 2.66. The first-order chi connectivity index (χ1) is 17.2. The molecule has 5 rings (SSSR count). The number of hydrogen-bond donors (Lipinski definition) is 2. The van der Waals surface area contributed by atoms with Crippen LogP contribution in [0.2, 0.25) is 0 Å². The van der Waals surface area contributed by atoms with E-state index in [1.165, 1.54) is 12.8 Å². The molecule has 9 atom stereocenters. The number of hydrogen-bond acceptors (Lipinski definition) is 2. The molecule has 5 fully saturated rings. The molecule has 5 aliphatic rings. The summed E-state index contributed by atoms with van der Waals surface area (Å²) >= 11 is 0. The van der Waals surface area contributed by atoms with E-state index in [0.29, 0.717) is 48.3 Å². The van der Waals surface area contributed by atoms with Crippen LogP contribution in [-0.2, 0) is 0 Å². The topological polar surface area (TPSA) is 40.5 Å². The molecule has 7 heteroatoms. The highest BCUT2D eigenvalue weighted by atomic mass is 19.4. The Labute approximate surface area is 219 Å². The Morgan fingerprint density at radius 3 is 2.14 bits per heavy atom. The Balaban J connectivity index is 1.16. The molecule has 0 spiro atoms. The van der Waals surface area contributed by atoms with Gasteiger partial charge < -0.3 is 10.2 Å². The highest BCUT2D eigenvalue weighted by molar-refractivity contribution is 5.09. The molecule has 5 saturated carbocycles. The average molecular weight is 535 g/mol. The zero-order valence-corrected chi connectivity index (χ0v) is 22.6. The molecule has 2 nitrogen and oxygen atoms in total. The molecular formula is C30H47F5O2. The minimum atomic E-state index is -4.55. The van der Waals surface area contributed by atoms with Gasteiger partial charge in [-0.15, -0.1) is 0 Å². The molecule has 0 heterocycles. The molecule has 214 valence electrons. The van der Waals surface area contributed by atoms with E-state index in [4.69, 9.17) is 0 Å². The minimum Gasteiger partial charge on any atom is -0.390 e. The van der Waals surface area contributed by atoms with E-state index in [1.54, 1.807) is 0 Å². The zero-order chi connectivity index (χ0) is 26.9. The molecule has 5 aliphatic carbocycles. The van der Waals surface area contributed by atoms with Crippen molar-refractivity contribution in [1.29, 1.82) is 0 Å². The van der Waals surface area contributed by atoms with Crippen LogP contribution < -0.4 is 0 Å². The van der Waals surface area contributed by atoms with Gasteiger partial charge in [0.25, 0.3) is 0 Å². The standard InChI is InChI=1S/C30H47F5O2/c1-19(4-3-11-27(36)13-16-29(31,32)17-14-27)21-7-8-23-22(21)9-10-25-24(23)6-5-20-18-28(37,30(33,34)35)15-12-26(20,25)2/h19-25,36-37H,3-18H2,1-2H3/t19-,20+,21-,22?,23-,24+,25+,26+,28+/m1/s1. The zero-order valence-electron chi connectivity index (χ0n) is 22.6. The maximum absolute atomic E-state index is 13.6. The highest BCUT2D eigenvalue weighted by Gasteiger charge is 2.63. The average Bonchev–Trinajstić information content (AvgIpc) is 3.26. The Kier molecular flexibility index (Phi) is 7.29. The van der Waals surface area contributed by atoms with E-state index in [2.05, 4.69) is 13.8 Å². The summed E-state index contributed by atoms with van der Waals surface area (Å²) in [6.07, 6.45) is 4.63. The summed E-state index contributed by atoms with van der Waals surface area (Å²) in [6, 6.07) is 0. The largest absolute Gasteiger partial charge is 0.417 e. The van der Waals surface area contributed by atoms with Crippen LogP contribution in [0, 0.1) is 46.8 Å². The summed E-state index contributed by atoms with van der Waals surface area (Å²) in [5.74, 6) is 0.946. The number of halogens is 5. The van der Waals surface area contributed by atoms with E-state index in [0.717, 1.165) is 38.5 Å². The van der Waals surface area contributed by atoms with Crippen LogP contribution in [0.1, 0.15) is 117 Å². The van der Waals surface area contributed by atoms with Gasteiger partial charge in [-0.25, -0.2) is 8.78 Å². The van der Waals surface area contributed by atoms with Crippen molar-refractivity contribution in [1.82, 2.24) is 0 Å². The van der Waals surface area contributed by atoms with E-state index in [9.17, 15) is 32.2 Å². The molecule has 0 radical (unpaired) electrons. The van der Waals surface area contributed by atoms with Crippen molar-refractivity contribution in [3.63, 3.8) is 0 Å². The van der Waals surface area contributed by atoms with Crippen molar-refractivity contribution in [2.45, 2.75) is 140 Å². The molecule has 2 N–H and O–H groups in total. The lowest BCUT2D eigenvalue weighted by atomic mass is 9.45. The summed E-state index contributed by atoms with van der Waals surface area (Å²) in [6.45, 7) is 4.56. The van der Waals surface area contributed by atoms with Gasteiger partial charge in [0, 0.05) is 12.8 Å². The van der Waals surface area contributed by atoms with Gasteiger partial charge in [0.2, 0.25) is 5.92 Å². The first kappa shape index (κ1) is 28.1. The quantitative estimate of drug-likeness (QED) is 0.348. The van der Waals surface area contributed by atoms with Gasteiger partial charge in [0.15, 0.2) is 5.60 Å². The lowest BCUT2D eigenvalue weighted by Gasteiger charge is -2.60. The van der Waals surface area contributed by atoms with Gasteiger partial charge in [-0.05, 0) is 124 Å². The number of alkyl halides is 5. The third-order valence-electron chi connectivity index (χ3n) is 12.6. The first-order valence-electron chi connectivity index (χ1n) is 15.1. The number of fused-ring (bicyclic) bond motifs is 5. The van der Waals surface area contributed by atoms with E-state index in [1.807, 2.05) is 0 Å². The fourth-order valence-electron chi connectivity index (χ4n) is 10.2. The monoisotopic (exact) mass is 534 g/mol. The summed E-state index contributed by atoms with van der Waals surface area (Å²) in [7, 11) is 0. The number of aliphatic hydroxyl groups is 2. The first-order valence-corrected chi connectivity index (χ1v) is 15.1. The summed E-state index contributed by atoms with van der Waals surface area (Å²) in [5.41, 5.74) is -3.54. The van der Waals surface area contributed by atoms with Crippen molar-refractivity contribution in [2.75, 3.05) is 0 Å². The Morgan fingerprint density at radius 1 is 0.811 bits per heavy atom. The molecule has 1 unspecified atom stereocenters. The molecule has 0 aliphatic heterocycles. The van der Waals surface area contributed by atoms with Gasteiger partial charge in [0.05, 0.1) is 5.60 Å². The van der Waals surface area contributed by atoms with Crippen LogP contribution in [0.25, 0.3) is 0 Å². The fourth-order valence-corrected chi connectivity index (χ4v) is 10.2. The van der Waals surface area contributed by atoms with Gasteiger partial charge in [-0.1, -0.05) is 26.7 Å². The minimum absolute atomic E-state index is 0.0488. The SMILES string of the molecule is C[C@H](CCCC1(O)CCC(F)(F)CC1)[C@H]1CC[C@@H]2C1CC[C@H]1[C@H]2CC[C@H]2C[C@](O)(C(F)(F)F)CC[C@@]21C. The van der Waals surface area contributed by atoms with E-state index >= 15 is 0 Å². The van der Waals surface area contributed by atoms with Crippen molar-refractivity contribution < 1.29 is 32.2 Å². The fraction of sp³-hybridized carbons (Fsp3) is 1.00. The molecule has 0 aromatic rings. The van der Waals surface area contributed by atoms with Crippen LogP contribution in [0.4, 0.5) is 22.0 Å². The van der Waals surface area contributed by atoms with Crippen molar-refractivity contribution in [2.24, 2.45) is 46.8 Å². The summed E-state index contributed by atoms with van der Waals surface area (Å²) < 4.78 is 67.8. The van der Waals surface area contributed by atoms with Crippen molar-refractivity contribution in [3.05, 3.63) is 0 Å². The molecule has 0 saturated heterocycles. The predicted octanol–water partition coefficient (Wildman–Crippen LogP) is 8.30. The van der Waals surface area contributed by atoms with Gasteiger partial charge in [-0.3, -0.25) is 0 Å². The van der Waals surface area contributed by atoms with Crippen molar-refractivity contribution in [3.8, 4) is 0 Å². The predicted molar refractivity (Wildman–Crippen MR) is 133 cm³/mol. The molecule has 0 aromatic carbocycles. The summed E-state index contributed by atoms with van der Waals surface area (Å²) in [4.78, 5) is 0. The Hall–Kier alpha value is -0.430. The molecule has 0 aromatic heterocycles. The van der Waals surface area contributed by atoms with Gasteiger partial charge >= 0.3 is 6.18 Å². The second-order valence-electron chi connectivity index (χ2n) is 14.4. The van der Waals surface area contributed by atoms with Crippen molar-refractivity contribution >= 4 is 0 Å². The van der Waals surface area contributed by atoms with Gasteiger partial charge in [-0.2, -0.15) is 13.2 Å².